The molecule has 132 valence electrons. The van der Waals surface area contributed by atoms with Crippen LogP contribution in [0.5, 0.6) is 5.75 Å². The summed E-state index contributed by atoms with van der Waals surface area (Å²) in [5.41, 5.74) is 5.38. The van der Waals surface area contributed by atoms with Crippen LogP contribution in [-0.4, -0.2) is 25.9 Å². The number of sulfonamides is 1. The molecule has 0 spiro atoms. The molecular weight excluding hydrogens is 350 g/mol. The second-order valence-electron chi connectivity index (χ2n) is 5.09. The number of nitrogens with zero attached hydrogens (tertiary/aromatic N) is 1. The summed E-state index contributed by atoms with van der Waals surface area (Å²) in [6, 6.07) is 9.21. The van der Waals surface area contributed by atoms with E-state index in [-0.39, 0.29) is 28.6 Å². The topological polar surface area (TPSA) is 142 Å². The van der Waals surface area contributed by atoms with Crippen molar-refractivity contribution in [1.82, 2.24) is 0 Å². The number of nitrogens with one attached hydrogen (secondary N) is 1. The third kappa shape index (κ3) is 4.67. The summed E-state index contributed by atoms with van der Waals surface area (Å²) in [7, 11) is -3.95. The van der Waals surface area contributed by atoms with E-state index >= 15 is 0 Å². The first-order valence-electron chi connectivity index (χ1n) is 6.98. The van der Waals surface area contributed by atoms with E-state index in [1.807, 2.05) is 0 Å². The van der Waals surface area contributed by atoms with Gasteiger partial charge in [-0.2, -0.15) is 0 Å². The second kappa shape index (κ2) is 7.18. The lowest BCUT2D eigenvalue weighted by molar-refractivity contribution is -0.384. The molecule has 0 aliphatic carbocycles. The number of nitrogens with two attached hydrogens (primary N) is 1. The molecule has 2 aromatic carbocycles. The van der Waals surface area contributed by atoms with E-state index in [0.717, 1.165) is 6.07 Å². The first kappa shape index (κ1) is 18.2. The average molecular weight is 365 g/mol. The number of ether oxygens (including phenoxy) is 1. The smallest absolute Gasteiger partial charge is 0.271 e. The van der Waals surface area contributed by atoms with E-state index in [0.29, 0.717) is 5.56 Å². The largest absolute Gasteiger partial charge is 0.484 e. The number of rotatable bonds is 7. The van der Waals surface area contributed by atoms with Gasteiger partial charge in [0.1, 0.15) is 5.75 Å². The number of primary amides is 1. The number of carbonyl (C=O) groups is 1. The molecule has 0 radical (unpaired) electrons. The Bertz CT molecular complexity index is 909. The standard InChI is InChI=1S/C15H15N3O6S/c1-10-2-3-11(18(20)21)8-14(10)17-25(22,23)13-6-4-12(5-7-13)24-9-15(16)19/h2-8,17H,9H2,1H3,(H2,16,19). The number of anilines is 1. The lowest BCUT2D eigenvalue weighted by atomic mass is 10.2. The minimum atomic E-state index is -3.95. The van der Waals surface area contributed by atoms with Crippen LogP contribution in [0.1, 0.15) is 5.56 Å². The maximum atomic E-state index is 12.4. The Balaban J connectivity index is 2.23. The number of hydrogen-bond donors (Lipinski definition) is 2. The van der Waals surface area contributed by atoms with E-state index < -0.39 is 20.9 Å². The van der Waals surface area contributed by atoms with E-state index in [9.17, 15) is 23.3 Å². The molecule has 0 fully saturated rings. The molecule has 0 saturated heterocycles. The van der Waals surface area contributed by atoms with Crippen molar-refractivity contribution in [2.75, 3.05) is 11.3 Å². The molecule has 3 N–H and O–H groups in total. The second-order valence-corrected chi connectivity index (χ2v) is 6.77. The summed E-state index contributed by atoms with van der Waals surface area (Å²) in [5.74, 6) is -0.371. The Kier molecular flexibility index (Phi) is 5.22. The van der Waals surface area contributed by atoms with Gasteiger partial charge < -0.3 is 10.5 Å². The van der Waals surface area contributed by atoms with Crippen molar-refractivity contribution < 1.29 is 22.9 Å². The number of aryl methyl sites for hydroxylation is 1. The zero-order chi connectivity index (χ0) is 18.6. The van der Waals surface area contributed by atoms with Gasteiger partial charge in [0.2, 0.25) is 0 Å². The molecule has 0 heterocycles. The van der Waals surface area contributed by atoms with Gasteiger partial charge >= 0.3 is 0 Å². The van der Waals surface area contributed by atoms with Gasteiger partial charge in [0.15, 0.2) is 6.61 Å². The monoisotopic (exact) mass is 365 g/mol. The summed E-state index contributed by atoms with van der Waals surface area (Å²) in [6.07, 6.45) is 0. The summed E-state index contributed by atoms with van der Waals surface area (Å²) in [6.45, 7) is 1.31. The number of carbonyl (C=O) groups excluding carboxylic acids is 1. The van der Waals surface area contributed by atoms with E-state index in [2.05, 4.69) is 4.72 Å². The Hall–Kier alpha value is -3.14. The van der Waals surface area contributed by atoms with Crippen molar-refractivity contribution in [2.45, 2.75) is 11.8 Å². The molecule has 9 nitrogen and oxygen atoms in total. The molecule has 0 aliphatic rings. The molecule has 1 amide bonds. The molecule has 2 aromatic rings. The van der Waals surface area contributed by atoms with Crippen LogP contribution in [0.25, 0.3) is 0 Å². The molecule has 0 bridgehead atoms. The lowest BCUT2D eigenvalue weighted by Gasteiger charge is -2.11. The lowest BCUT2D eigenvalue weighted by Crippen LogP contribution is -2.20. The Morgan fingerprint density at radius 1 is 1.24 bits per heavy atom. The highest BCUT2D eigenvalue weighted by atomic mass is 32.2. The zero-order valence-corrected chi connectivity index (χ0v) is 13.9. The normalized spacial score (nSPS) is 10.9. The minimum Gasteiger partial charge on any atom is -0.484 e. The fourth-order valence-corrected chi connectivity index (χ4v) is 3.03. The predicted octanol–water partition coefficient (Wildman–Crippen LogP) is 1.57. The summed E-state index contributed by atoms with van der Waals surface area (Å²) in [4.78, 5) is 20.8. The molecule has 2 rings (SSSR count). The number of benzene rings is 2. The Morgan fingerprint density at radius 2 is 1.88 bits per heavy atom. The van der Waals surface area contributed by atoms with Gasteiger partial charge in [-0.15, -0.1) is 0 Å². The average Bonchev–Trinajstić information content (AvgIpc) is 2.55. The van der Waals surface area contributed by atoms with Crippen LogP contribution in [0.4, 0.5) is 11.4 Å². The molecular formula is C15H15N3O6S. The number of nitro benzene ring substituents is 1. The zero-order valence-electron chi connectivity index (χ0n) is 13.1. The molecule has 0 aromatic heterocycles. The van der Waals surface area contributed by atoms with Crippen LogP contribution in [0, 0.1) is 17.0 Å². The fourth-order valence-electron chi connectivity index (χ4n) is 1.91. The van der Waals surface area contributed by atoms with Crippen molar-refractivity contribution in [3.63, 3.8) is 0 Å². The number of hydrogen-bond acceptors (Lipinski definition) is 6. The van der Waals surface area contributed by atoms with Crippen LogP contribution in [0.2, 0.25) is 0 Å². The molecule has 25 heavy (non-hydrogen) atoms. The van der Waals surface area contributed by atoms with Gasteiger partial charge in [0.05, 0.1) is 15.5 Å². The van der Waals surface area contributed by atoms with Gasteiger partial charge in [-0.25, -0.2) is 8.42 Å². The van der Waals surface area contributed by atoms with Crippen LogP contribution in [0.3, 0.4) is 0 Å². The molecule has 0 unspecified atom stereocenters. The third-order valence-electron chi connectivity index (χ3n) is 3.19. The summed E-state index contributed by atoms with van der Waals surface area (Å²) < 4.78 is 32.2. The van der Waals surface area contributed by atoms with Gasteiger partial charge in [-0.3, -0.25) is 19.6 Å². The van der Waals surface area contributed by atoms with Crippen LogP contribution in [0.15, 0.2) is 47.4 Å². The minimum absolute atomic E-state index is 0.0650. The molecule has 10 heteroatoms. The van der Waals surface area contributed by atoms with Crippen molar-refractivity contribution in [3.05, 3.63) is 58.1 Å². The predicted molar refractivity (Wildman–Crippen MR) is 89.8 cm³/mol. The van der Waals surface area contributed by atoms with E-state index in [1.54, 1.807) is 6.92 Å². The van der Waals surface area contributed by atoms with Gasteiger partial charge in [0.25, 0.3) is 21.6 Å². The summed E-state index contributed by atoms with van der Waals surface area (Å²) in [5, 5.41) is 10.8. The van der Waals surface area contributed by atoms with Crippen LogP contribution < -0.4 is 15.2 Å². The third-order valence-corrected chi connectivity index (χ3v) is 4.57. The summed E-state index contributed by atoms with van der Waals surface area (Å²) >= 11 is 0. The highest BCUT2D eigenvalue weighted by Gasteiger charge is 2.17. The molecule has 0 saturated carbocycles. The highest BCUT2D eigenvalue weighted by molar-refractivity contribution is 7.92. The van der Waals surface area contributed by atoms with Gasteiger partial charge in [-0.1, -0.05) is 6.07 Å². The maximum Gasteiger partial charge on any atom is 0.271 e. The highest BCUT2D eigenvalue weighted by Crippen LogP contribution is 2.25. The van der Waals surface area contributed by atoms with Gasteiger partial charge in [0, 0.05) is 12.1 Å². The Morgan fingerprint density at radius 3 is 2.44 bits per heavy atom. The van der Waals surface area contributed by atoms with E-state index in [1.165, 1.54) is 36.4 Å². The van der Waals surface area contributed by atoms with Gasteiger partial charge in [-0.05, 0) is 36.8 Å². The van der Waals surface area contributed by atoms with Crippen molar-refractivity contribution in [2.24, 2.45) is 5.73 Å². The van der Waals surface area contributed by atoms with Crippen LogP contribution in [-0.2, 0) is 14.8 Å². The quantitative estimate of drug-likeness (QED) is 0.563. The first-order chi connectivity index (χ1) is 11.7. The number of nitro groups is 1. The fraction of sp³-hybridized carbons (Fsp3) is 0.133. The SMILES string of the molecule is Cc1ccc([N+](=O)[O-])cc1NS(=O)(=O)c1ccc(OCC(N)=O)cc1. The Labute approximate surface area is 143 Å². The van der Waals surface area contributed by atoms with E-state index in [4.69, 9.17) is 10.5 Å². The van der Waals surface area contributed by atoms with Crippen LogP contribution >= 0.6 is 0 Å². The molecule has 0 atom stereocenters. The number of non-ortho nitro benzene ring substituents is 1. The number of amides is 1. The van der Waals surface area contributed by atoms with Crippen molar-refractivity contribution in [1.29, 1.82) is 0 Å². The van der Waals surface area contributed by atoms with Crippen molar-refractivity contribution in [3.8, 4) is 5.75 Å². The van der Waals surface area contributed by atoms with Crippen molar-refractivity contribution >= 4 is 27.3 Å². The molecule has 0 aliphatic heterocycles. The maximum absolute atomic E-state index is 12.4. The first-order valence-corrected chi connectivity index (χ1v) is 8.46.